The summed E-state index contributed by atoms with van der Waals surface area (Å²) in [7, 11) is 1.71. The summed E-state index contributed by atoms with van der Waals surface area (Å²) in [5, 5.41) is 0. The second-order valence-corrected chi connectivity index (χ2v) is 4.08. The van der Waals surface area contributed by atoms with Crippen molar-refractivity contribution < 1.29 is 9.47 Å². The minimum Gasteiger partial charge on any atom is -0.496 e. The fraction of sp³-hybridized carbons (Fsp3) is 0.600. The van der Waals surface area contributed by atoms with Crippen LogP contribution in [0.5, 0.6) is 11.5 Å². The number of ether oxygens (including phenoxy) is 2. The van der Waals surface area contributed by atoms with E-state index in [9.17, 15) is 0 Å². The van der Waals surface area contributed by atoms with Gasteiger partial charge in [-0.15, -0.1) is 0 Å². The molecule has 1 aliphatic rings. The fourth-order valence-electron chi connectivity index (χ4n) is 1.61. The number of methoxy groups -OCH3 is 1. The Balaban J connectivity index is 0.000000686. The molecule has 96 valence electrons. The highest BCUT2D eigenvalue weighted by Gasteiger charge is 2.21. The van der Waals surface area contributed by atoms with Crippen LogP contribution in [0.2, 0.25) is 0 Å². The van der Waals surface area contributed by atoms with Crippen LogP contribution in [0.3, 0.4) is 0 Å². The molecule has 2 nitrogen and oxygen atoms in total. The summed E-state index contributed by atoms with van der Waals surface area (Å²) in [6.07, 6.45) is 3.64. The third-order valence-corrected chi connectivity index (χ3v) is 2.82. The van der Waals surface area contributed by atoms with Crippen molar-refractivity contribution in [3.8, 4) is 11.5 Å². The van der Waals surface area contributed by atoms with E-state index >= 15 is 0 Å². The monoisotopic (exact) mass is 236 g/mol. The normalized spacial score (nSPS) is 13.6. The van der Waals surface area contributed by atoms with Crippen LogP contribution >= 0.6 is 0 Å². The molecule has 1 saturated carbocycles. The number of hydrogen-bond donors (Lipinski definition) is 0. The highest BCUT2D eigenvalue weighted by Crippen LogP contribution is 2.31. The first-order chi connectivity index (χ1) is 8.33. The molecular formula is C15H24O2. The summed E-state index contributed by atoms with van der Waals surface area (Å²) in [6.45, 7) is 6.98. The van der Waals surface area contributed by atoms with Crippen molar-refractivity contribution in [1.82, 2.24) is 0 Å². The third-order valence-electron chi connectivity index (χ3n) is 2.82. The van der Waals surface area contributed by atoms with E-state index in [1.165, 1.54) is 18.4 Å². The summed E-state index contributed by atoms with van der Waals surface area (Å²) >= 11 is 0. The van der Waals surface area contributed by atoms with Crippen molar-refractivity contribution in [2.24, 2.45) is 5.92 Å². The molecule has 0 saturated heterocycles. The number of benzene rings is 1. The van der Waals surface area contributed by atoms with Crippen molar-refractivity contribution in [3.63, 3.8) is 0 Å². The minimum absolute atomic E-state index is 0.793. The molecule has 2 heteroatoms. The topological polar surface area (TPSA) is 18.5 Å². The number of rotatable bonds is 5. The predicted molar refractivity (Wildman–Crippen MR) is 71.9 cm³/mol. The van der Waals surface area contributed by atoms with Crippen LogP contribution in [0.1, 0.15) is 39.2 Å². The van der Waals surface area contributed by atoms with Crippen molar-refractivity contribution in [2.75, 3.05) is 13.7 Å². The molecule has 1 aromatic carbocycles. The summed E-state index contributed by atoms with van der Waals surface area (Å²) in [4.78, 5) is 0. The number of hydrogen-bond acceptors (Lipinski definition) is 2. The summed E-state index contributed by atoms with van der Waals surface area (Å²) in [5.74, 6) is 2.66. The van der Waals surface area contributed by atoms with Gasteiger partial charge in [0.15, 0.2) is 0 Å². The van der Waals surface area contributed by atoms with Gasteiger partial charge in [0, 0.05) is 6.07 Å². The lowest BCUT2D eigenvalue weighted by atomic mass is 10.1. The minimum atomic E-state index is 0.793. The lowest BCUT2D eigenvalue weighted by molar-refractivity contribution is 0.297. The van der Waals surface area contributed by atoms with Crippen molar-refractivity contribution >= 4 is 0 Å². The van der Waals surface area contributed by atoms with Gasteiger partial charge in [-0.05, 0) is 36.8 Å². The Morgan fingerprint density at radius 3 is 2.47 bits per heavy atom. The SMILES string of the molecule is CC.CCc1ccc(OCC2CC2)cc1OC. The second kappa shape index (κ2) is 7.21. The third kappa shape index (κ3) is 4.29. The van der Waals surface area contributed by atoms with Crippen LogP contribution in [0, 0.1) is 5.92 Å². The van der Waals surface area contributed by atoms with Crippen LogP contribution in [-0.2, 0) is 6.42 Å². The molecule has 0 aromatic heterocycles. The van der Waals surface area contributed by atoms with Crippen molar-refractivity contribution in [1.29, 1.82) is 0 Å². The van der Waals surface area contributed by atoms with E-state index in [1.54, 1.807) is 7.11 Å². The van der Waals surface area contributed by atoms with Crippen LogP contribution in [-0.4, -0.2) is 13.7 Å². The van der Waals surface area contributed by atoms with Gasteiger partial charge in [-0.1, -0.05) is 26.8 Å². The molecule has 17 heavy (non-hydrogen) atoms. The molecule has 1 aliphatic carbocycles. The quantitative estimate of drug-likeness (QED) is 0.767. The van der Waals surface area contributed by atoms with Gasteiger partial charge >= 0.3 is 0 Å². The zero-order valence-corrected chi connectivity index (χ0v) is 11.5. The lowest BCUT2D eigenvalue weighted by Crippen LogP contribution is -2.00. The van der Waals surface area contributed by atoms with E-state index in [2.05, 4.69) is 13.0 Å². The lowest BCUT2D eigenvalue weighted by Gasteiger charge is -2.10. The first-order valence-electron chi connectivity index (χ1n) is 6.63. The molecule has 0 bridgehead atoms. The second-order valence-electron chi connectivity index (χ2n) is 4.08. The molecule has 1 fully saturated rings. The molecule has 0 heterocycles. The van der Waals surface area contributed by atoms with Gasteiger partial charge in [-0.2, -0.15) is 0 Å². The van der Waals surface area contributed by atoms with E-state index < -0.39 is 0 Å². The first-order valence-corrected chi connectivity index (χ1v) is 6.63. The molecule has 0 N–H and O–H groups in total. The van der Waals surface area contributed by atoms with Crippen molar-refractivity contribution in [3.05, 3.63) is 23.8 Å². The van der Waals surface area contributed by atoms with Gasteiger partial charge in [0.25, 0.3) is 0 Å². The average molecular weight is 236 g/mol. The van der Waals surface area contributed by atoms with Crippen LogP contribution in [0.15, 0.2) is 18.2 Å². The molecule has 0 amide bonds. The van der Waals surface area contributed by atoms with Gasteiger partial charge in [0.2, 0.25) is 0 Å². The van der Waals surface area contributed by atoms with Crippen LogP contribution in [0.4, 0.5) is 0 Å². The summed E-state index contributed by atoms with van der Waals surface area (Å²) < 4.78 is 11.0. The molecule has 2 rings (SSSR count). The molecule has 0 radical (unpaired) electrons. The van der Waals surface area contributed by atoms with Gasteiger partial charge in [0.05, 0.1) is 13.7 Å². The van der Waals surface area contributed by atoms with Crippen LogP contribution in [0.25, 0.3) is 0 Å². The van der Waals surface area contributed by atoms with Gasteiger partial charge in [0.1, 0.15) is 11.5 Å². The Morgan fingerprint density at radius 1 is 1.24 bits per heavy atom. The molecule has 0 atom stereocenters. The highest BCUT2D eigenvalue weighted by molar-refractivity contribution is 5.40. The smallest absolute Gasteiger partial charge is 0.125 e. The Hall–Kier alpha value is -1.18. The van der Waals surface area contributed by atoms with Gasteiger partial charge in [-0.25, -0.2) is 0 Å². The average Bonchev–Trinajstić information content (AvgIpc) is 3.22. The standard InChI is InChI=1S/C13H18O2.C2H6/c1-3-11-6-7-12(8-13(11)14-2)15-9-10-4-5-10;1-2/h6-8,10H,3-5,9H2,1-2H3;1-2H3. The van der Waals surface area contributed by atoms with E-state index in [1.807, 2.05) is 26.0 Å². The van der Waals surface area contributed by atoms with Crippen LogP contribution < -0.4 is 9.47 Å². The summed E-state index contributed by atoms with van der Waals surface area (Å²) in [5.41, 5.74) is 1.23. The molecule has 1 aromatic rings. The Morgan fingerprint density at radius 2 is 1.94 bits per heavy atom. The van der Waals surface area contributed by atoms with Gasteiger partial charge < -0.3 is 9.47 Å². The largest absolute Gasteiger partial charge is 0.496 e. The molecule has 0 unspecified atom stereocenters. The molecule has 0 spiro atoms. The van der Waals surface area contributed by atoms with E-state index in [-0.39, 0.29) is 0 Å². The van der Waals surface area contributed by atoms with E-state index in [0.717, 1.165) is 30.4 Å². The predicted octanol–water partition coefficient (Wildman–Crippen LogP) is 4.07. The fourth-order valence-corrected chi connectivity index (χ4v) is 1.61. The molecular weight excluding hydrogens is 212 g/mol. The van der Waals surface area contributed by atoms with E-state index in [4.69, 9.17) is 9.47 Å². The first kappa shape index (κ1) is 13.9. The number of aryl methyl sites for hydroxylation is 1. The Kier molecular flexibility index (Phi) is 5.88. The maximum Gasteiger partial charge on any atom is 0.125 e. The maximum absolute atomic E-state index is 5.69. The summed E-state index contributed by atoms with van der Waals surface area (Å²) in [6, 6.07) is 6.10. The Labute approximate surface area is 105 Å². The zero-order valence-electron chi connectivity index (χ0n) is 11.5. The Bertz CT molecular complexity index is 330. The van der Waals surface area contributed by atoms with Gasteiger partial charge in [-0.3, -0.25) is 0 Å². The van der Waals surface area contributed by atoms with E-state index in [0.29, 0.717) is 0 Å². The molecule has 0 aliphatic heterocycles. The zero-order chi connectivity index (χ0) is 12.7. The highest BCUT2D eigenvalue weighted by atomic mass is 16.5. The maximum atomic E-state index is 5.69. The van der Waals surface area contributed by atoms with Crippen molar-refractivity contribution in [2.45, 2.75) is 40.0 Å².